The minimum absolute atomic E-state index is 0.281. The first-order valence-corrected chi connectivity index (χ1v) is 5.23. The van der Waals surface area contributed by atoms with Crippen LogP contribution in [0.3, 0.4) is 0 Å². The van der Waals surface area contributed by atoms with Crippen LogP contribution in [0.4, 0.5) is 0 Å². The predicted octanol–water partition coefficient (Wildman–Crippen LogP) is 0.792. The van der Waals surface area contributed by atoms with Crippen LogP contribution in [-0.4, -0.2) is 25.7 Å². The number of nitrogens with zero attached hydrogens (tertiary/aromatic N) is 4. The standard InChI is InChI=1S/C11H9N5O2/c1-6-4-9(8-2-3-18-15-8)14-11-7(10(12)17)5-13-16(6)11/h2-5H,1H3,(H2,12,17). The Morgan fingerprint density at radius 1 is 1.44 bits per heavy atom. The average Bonchev–Trinajstić information content (AvgIpc) is 2.97. The van der Waals surface area contributed by atoms with Gasteiger partial charge in [-0.3, -0.25) is 4.79 Å². The van der Waals surface area contributed by atoms with E-state index in [9.17, 15) is 4.79 Å². The molecule has 3 rings (SSSR count). The SMILES string of the molecule is Cc1cc(-c2ccon2)nc2c(C(N)=O)cnn12. The second kappa shape index (κ2) is 3.66. The van der Waals surface area contributed by atoms with E-state index < -0.39 is 5.91 Å². The summed E-state index contributed by atoms with van der Waals surface area (Å²) in [5.74, 6) is -0.561. The fourth-order valence-corrected chi connectivity index (χ4v) is 1.76. The van der Waals surface area contributed by atoms with Gasteiger partial charge in [0.1, 0.15) is 17.5 Å². The molecule has 0 spiro atoms. The van der Waals surface area contributed by atoms with Crippen molar-refractivity contribution in [3.63, 3.8) is 0 Å². The number of hydrogen-bond donors (Lipinski definition) is 1. The smallest absolute Gasteiger partial charge is 0.254 e. The van der Waals surface area contributed by atoms with Crippen molar-refractivity contribution in [2.75, 3.05) is 0 Å². The van der Waals surface area contributed by atoms with Crippen molar-refractivity contribution in [1.82, 2.24) is 19.8 Å². The number of aromatic nitrogens is 4. The Hall–Kier alpha value is -2.70. The molecule has 7 heteroatoms. The number of carbonyl (C=O) groups is 1. The molecule has 90 valence electrons. The molecule has 0 atom stereocenters. The van der Waals surface area contributed by atoms with Gasteiger partial charge < -0.3 is 10.3 Å². The molecule has 7 nitrogen and oxygen atoms in total. The maximum atomic E-state index is 11.3. The van der Waals surface area contributed by atoms with Crippen LogP contribution in [0.2, 0.25) is 0 Å². The third kappa shape index (κ3) is 1.45. The van der Waals surface area contributed by atoms with Crippen molar-refractivity contribution >= 4 is 11.6 Å². The normalized spacial score (nSPS) is 10.9. The summed E-state index contributed by atoms with van der Waals surface area (Å²) in [7, 11) is 0. The number of fused-ring (bicyclic) bond motifs is 1. The van der Waals surface area contributed by atoms with E-state index in [0.717, 1.165) is 5.69 Å². The summed E-state index contributed by atoms with van der Waals surface area (Å²) in [4.78, 5) is 15.6. The number of aryl methyl sites for hydroxylation is 1. The Morgan fingerprint density at radius 2 is 2.28 bits per heavy atom. The van der Waals surface area contributed by atoms with Crippen molar-refractivity contribution < 1.29 is 9.32 Å². The third-order valence-electron chi connectivity index (χ3n) is 2.62. The summed E-state index contributed by atoms with van der Waals surface area (Å²) in [6, 6.07) is 3.50. The molecule has 3 aromatic rings. The topological polar surface area (TPSA) is 99.3 Å². The lowest BCUT2D eigenvalue weighted by atomic mass is 10.2. The molecule has 0 saturated heterocycles. The summed E-state index contributed by atoms with van der Waals surface area (Å²) in [5, 5.41) is 7.88. The molecule has 0 aliphatic heterocycles. The van der Waals surface area contributed by atoms with Crippen LogP contribution in [0, 0.1) is 6.92 Å². The van der Waals surface area contributed by atoms with Gasteiger partial charge in [-0.15, -0.1) is 0 Å². The van der Waals surface area contributed by atoms with Crippen LogP contribution < -0.4 is 5.73 Å². The third-order valence-corrected chi connectivity index (χ3v) is 2.62. The monoisotopic (exact) mass is 243 g/mol. The molecule has 3 heterocycles. The largest absolute Gasteiger partial charge is 0.365 e. The van der Waals surface area contributed by atoms with Gasteiger partial charge in [-0.05, 0) is 13.0 Å². The summed E-state index contributed by atoms with van der Waals surface area (Å²) < 4.78 is 6.34. The molecule has 0 unspecified atom stereocenters. The zero-order valence-electron chi connectivity index (χ0n) is 9.49. The quantitative estimate of drug-likeness (QED) is 0.717. The lowest BCUT2D eigenvalue weighted by Crippen LogP contribution is -2.11. The van der Waals surface area contributed by atoms with E-state index in [4.69, 9.17) is 10.3 Å². The Morgan fingerprint density at radius 3 is 2.94 bits per heavy atom. The van der Waals surface area contributed by atoms with Gasteiger partial charge in [0, 0.05) is 11.8 Å². The molecule has 1 amide bonds. The second-order valence-electron chi connectivity index (χ2n) is 3.83. The van der Waals surface area contributed by atoms with Gasteiger partial charge >= 0.3 is 0 Å². The highest BCUT2D eigenvalue weighted by molar-refractivity contribution is 5.98. The van der Waals surface area contributed by atoms with E-state index in [1.54, 1.807) is 10.6 Å². The van der Waals surface area contributed by atoms with E-state index in [2.05, 4.69) is 15.2 Å². The van der Waals surface area contributed by atoms with Gasteiger partial charge in [-0.2, -0.15) is 5.10 Å². The van der Waals surface area contributed by atoms with E-state index in [-0.39, 0.29) is 5.56 Å². The molecule has 2 N–H and O–H groups in total. The fourth-order valence-electron chi connectivity index (χ4n) is 1.76. The van der Waals surface area contributed by atoms with Crippen molar-refractivity contribution in [2.24, 2.45) is 5.73 Å². The van der Waals surface area contributed by atoms with Gasteiger partial charge in [0.2, 0.25) is 0 Å². The van der Waals surface area contributed by atoms with Crippen molar-refractivity contribution in [3.8, 4) is 11.4 Å². The number of rotatable bonds is 2. The number of amides is 1. The van der Waals surface area contributed by atoms with Crippen LogP contribution in [0.15, 0.2) is 29.1 Å². The molecule has 0 aliphatic carbocycles. The average molecular weight is 243 g/mol. The van der Waals surface area contributed by atoms with E-state index >= 15 is 0 Å². The zero-order valence-corrected chi connectivity index (χ0v) is 9.49. The Kier molecular flexibility index (Phi) is 2.12. The maximum absolute atomic E-state index is 11.3. The highest BCUT2D eigenvalue weighted by Crippen LogP contribution is 2.19. The van der Waals surface area contributed by atoms with Crippen molar-refractivity contribution in [2.45, 2.75) is 6.92 Å². The molecule has 0 radical (unpaired) electrons. The highest BCUT2D eigenvalue weighted by Gasteiger charge is 2.14. The minimum atomic E-state index is -0.561. The molecule has 0 bridgehead atoms. The number of hydrogen-bond acceptors (Lipinski definition) is 5. The van der Waals surface area contributed by atoms with Crippen LogP contribution in [0.1, 0.15) is 16.1 Å². The molecular weight excluding hydrogens is 234 g/mol. The Balaban J connectivity index is 2.31. The van der Waals surface area contributed by atoms with E-state index in [1.165, 1.54) is 12.5 Å². The lowest BCUT2D eigenvalue weighted by molar-refractivity contribution is 0.100. The van der Waals surface area contributed by atoms with Gasteiger partial charge in [0.25, 0.3) is 5.91 Å². The van der Waals surface area contributed by atoms with E-state index in [0.29, 0.717) is 17.0 Å². The lowest BCUT2D eigenvalue weighted by Gasteiger charge is -2.02. The van der Waals surface area contributed by atoms with Crippen LogP contribution >= 0.6 is 0 Å². The summed E-state index contributed by atoms with van der Waals surface area (Å²) in [5.41, 5.74) is 8.00. The van der Waals surface area contributed by atoms with Gasteiger partial charge in [-0.25, -0.2) is 9.50 Å². The van der Waals surface area contributed by atoms with Crippen molar-refractivity contribution in [1.29, 1.82) is 0 Å². The molecule has 3 aromatic heterocycles. The maximum Gasteiger partial charge on any atom is 0.254 e. The summed E-state index contributed by atoms with van der Waals surface area (Å²) >= 11 is 0. The first-order valence-electron chi connectivity index (χ1n) is 5.23. The molecule has 0 aliphatic rings. The Bertz CT molecular complexity index is 729. The first-order chi connectivity index (χ1) is 8.66. The molecular formula is C11H9N5O2. The van der Waals surface area contributed by atoms with Gasteiger partial charge in [0.05, 0.1) is 11.9 Å². The number of nitrogens with two attached hydrogens (primary N) is 1. The fraction of sp³-hybridized carbons (Fsp3) is 0.0909. The predicted molar refractivity (Wildman–Crippen MR) is 61.7 cm³/mol. The zero-order chi connectivity index (χ0) is 12.7. The second-order valence-corrected chi connectivity index (χ2v) is 3.83. The number of primary amides is 1. The van der Waals surface area contributed by atoms with Gasteiger partial charge in [-0.1, -0.05) is 5.16 Å². The molecule has 18 heavy (non-hydrogen) atoms. The van der Waals surface area contributed by atoms with Crippen LogP contribution in [0.25, 0.3) is 17.0 Å². The van der Waals surface area contributed by atoms with Gasteiger partial charge in [0.15, 0.2) is 5.65 Å². The van der Waals surface area contributed by atoms with Crippen LogP contribution in [0.5, 0.6) is 0 Å². The molecule has 0 aromatic carbocycles. The molecule has 0 fully saturated rings. The summed E-state index contributed by atoms with van der Waals surface area (Å²) in [6.45, 7) is 1.86. The minimum Gasteiger partial charge on any atom is -0.365 e. The molecule has 0 saturated carbocycles. The number of carbonyl (C=O) groups excluding carboxylic acids is 1. The Labute approximate surface area is 101 Å². The van der Waals surface area contributed by atoms with Crippen molar-refractivity contribution in [3.05, 3.63) is 35.9 Å². The van der Waals surface area contributed by atoms with E-state index in [1.807, 2.05) is 13.0 Å². The highest BCUT2D eigenvalue weighted by atomic mass is 16.5. The van der Waals surface area contributed by atoms with Crippen LogP contribution in [-0.2, 0) is 0 Å². The summed E-state index contributed by atoms with van der Waals surface area (Å²) in [6.07, 6.45) is 2.87. The first kappa shape index (κ1) is 10.5.